The Bertz CT molecular complexity index is 97.6. The van der Waals surface area contributed by atoms with Crippen molar-refractivity contribution in [2.24, 2.45) is 5.41 Å². The summed E-state index contributed by atoms with van der Waals surface area (Å²) in [6.07, 6.45) is 0. The van der Waals surface area contributed by atoms with E-state index in [9.17, 15) is 0 Å². The summed E-state index contributed by atoms with van der Waals surface area (Å²) < 4.78 is -1.66. The number of rotatable bonds is 2. The lowest BCUT2D eigenvalue weighted by Crippen LogP contribution is -2.35. The first-order valence-electron chi connectivity index (χ1n) is 2.47. The summed E-state index contributed by atoms with van der Waals surface area (Å²) in [4.78, 5) is 0. The van der Waals surface area contributed by atoms with E-state index in [-0.39, 0.29) is 0 Å². The van der Waals surface area contributed by atoms with Gasteiger partial charge in [-0.1, -0.05) is 53.0 Å². The van der Waals surface area contributed by atoms with Crippen molar-refractivity contribution >= 4 is 39.1 Å². The Morgan fingerprint density at radius 2 is 1.78 bits per heavy atom. The molecule has 0 heterocycles. The lowest BCUT2D eigenvalue weighted by molar-refractivity contribution is 0.100. The number of hydrogen-bond donors (Lipinski definition) is 1. The predicted molar refractivity (Wildman–Crippen MR) is 44.2 cm³/mol. The van der Waals surface area contributed by atoms with E-state index in [0.717, 1.165) is 0 Å². The largest absolute Gasteiger partial charge is 0.362 e. The molecule has 0 fully saturated rings. The Balaban J connectivity index is 4.14. The third-order valence-electron chi connectivity index (χ3n) is 1.15. The van der Waals surface area contributed by atoms with Gasteiger partial charge in [0.2, 0.25) is 4.52 Å². The van der Waals surface area contributed by atoms with Crippen molar-refractivity contribution in [2.45, 2.75) is 18.4 Å². The highest BCUT2D eigenvalue weighted by Gasteiger charge is 2.39. The van der Waals surface area contributed by atoms with E-state index in [1.54, 1.807) is 13.8 Å². The van der Waals surface area contributed by atoms with Crippen LogP contribution in [0.1, 0.15) is 13.8 Å². The maximum atomic E-state index is 9.05. The molecule has 0 bridgehead atoms. The van der Waals surface area contributed by atoms with Crippen LogP contribution in [0.2, 0.25) is 0 Å². The van der Waals surface area contributed by atoms with Gasteiger partial charge in [0.25, 0.3) is 0 Å². The molecule has 0 radical (unpaired) electrons. The summed E-state index contributed by atoms with van der Waals surface area (Å²) >= 11 is 14.0. The lowest BCUT2D eigenvalue weighted by atomic mass is 9.98. The maximum absolute atomic E-state index is 9.05. The molecule has 0 aliphatic carbocycles. The van der Waals surface area contributed by atoms with Gasteiger partial charge in [0, 0.05) is 10.7 Å². The SMILES string of the molecule is CC(C)(CBr)C(O)(Cl)Cl. The molecular weight excluding hydrogens is 227 g/mol. The molecule has 0 aromatic carbocycles. The summed E-state index contributed by atoms with van der Waals surface area (Å²) in [6, 6.07) is 0. The van der Waals surface area contributed by atoms with Crippen molar-refractivity contribution in [3.05, 3.63) is 0 Å². The Labute approximate surface area is 73.5 Å². The predicted octanol–water partition coefficient (Wildman–Crippen LogP) is 2.53. The maximum Gasteiger partial charge on any atom is 0.220 e. The minimum absolute atomic E-state index is 0.518. The first kappa shape index (κ1) is 10.0. The van der Waals surface area contributed by atoms with Gasteiger partial charge in [0.05, 0.1) is 0 Å². The van der Waals surface area contributed by atoms with E-state index < -0.39 is 9.93 Å². The van der Waals surface area contributed by atoms with Crippen LogP contribution in [-0.2, 0) is 0 Å². The van der Waals surface area contributed by atoms with Crippen LogP contribution >= 0.6 is 39.1 Å². The fraction of sp³-hybridized carbons (Fsp3) is 1.00. The van der Waals surface area contributed by atoms with Crippen molar-refractivity contribution in [1.29, 1.82) is 0 Å². The van der Waals surface area contributed by atoms with Crippen molar-refractivity contribution in [1.82, 2.24) is 0 Å². The van der Waals surface area contributed by atoms with Gasteiger partial charge in [-0.3, -0.25) is 0 Å². The van der Waals surface area contributed by atoms with Gasteiger partial charge in [0.1, 0.15) is 0 Å². The summed E-state index contributed by atoms with van der Waals surface area (Å²) in [5.41, 5.74) is -0.518. The van der Waals surface area contributed by atoms with Gasteiger partial charge in [-0.25, -0.2) is 0 Å². The van der Waals surface area contributed by atoms with Crippen LogP contribution in [0.4, 0.5) is 0 Å². The normalized spacial score (nSPS) is 14.0. The molecule has 0 saturated heterocycles. The molecular formula is C5H9BrCl2O. The van der Waals surface area contributed by atoms with Crippen LogP contribution in [0, 0.1) is 5.41 Å². The molecule has 0 aromatic heterocycles. The molecule has 0 spiro atoms. The molecule has 0 amide bonds. The standard InChI is InChI=1S/C5H9BrCl2O/c1-4(2,3-6)5(7,8)9/h9H,3H2,1-2H3. The molecule has 0 aliphatic rings. The second-order valence-corrected chi connectivity index (χ2v) is 4.41. The van der Waals surface area contributed by atoms with Crippen molar-refractivity contribution in [3.8, 4) is 0 Å². The number of halogens is 3. The molecule has 9 heavy (non-hydrogen) atoms. The average molecular weight is 236 g/mol. The summed E-state index contributed by atoms with van der Waals surface area (Å²) in [7, 11) is 0. The Kier molecular flexibility index (Phi) is 3.29. The molecule has 1 nitrogen and oxygen atoms in total. The smallest absolute Gasteiger partial charge is 0.220 e. The molecule has 4 heteroatoms. The van der Waals surface area contributed by atoms with Crippen LogP contribution in [-0.4, -0.2) is 15.0 Å². The van der Waals surface area contributed by atoms with Crippen molar-refractivity contribution in [3.63, 3.8) is 0 Å². The van der Waals surface area contributed by atoms with E-state index in [4.69, 9.17) is 28.3 Å². The van der Waals surface area contributed by atoms with E-state index >= 15 is 0 Å². The van der Waals surface area contributed by atoms with Crippen LogP contribution in [0.15, 0.2) is 0 Å². The average Bonchev–Trinajstić information content (AvgIpc) is 1.64. The zero-order valence-electron chi connectivity index (χ0n) is 5.29. The number of aliphatic hydroxyl groups is 1. The molecule has 0 aromatic rings. The van der Waals surface area contributed by atoms with Crippen molar-refractivity contribution < 1.29 is 5.11 Å². The second-order valence-electron chi connectivity index (χ2n) is 2.56. The van der Waals surface area contributed by atoms with E-state index in [1.165, 1.54) is 0 Å². The second kappa shape index (κ2) is 2.95. The van der Waals surface area contributed by atoms with Gasteiger partial charge in [0.15, 0.2) is 0 Å². The zero-order valence-corrected chi connectivity index (χ0v) is 8.39. The Morgan fingerprint density at radius 1 is 1.44 bits per heavy atom. The third kappa shape index (κ3) is 2.62. The van der Waals surface area contributed by atoms with Crippen LogP contribution in [0.25, 0.3) is 0 Å². The van der Waals surface area contributed by atoms with Gasteiger partial charge >= 0.3 is 0 Å². The summed E-state index contributed by atoms with van der Waals surface area (Å²) in [6.45, 7) is 3.53. The number of hydrogen-bond acceptors (Lipinski definition) is 1. The van der Waals surface area contributed by atoms with Gasteiger partial charge in [-0.2, -0.15) is 0 Å². The fourth-order valence-electron chi connectivity index (χ4n) is 0.0804. The van der Waals surface area contributed by atoms with Crippen molar-refractivity contribution in [2.75, 3.05) is 5.33 Å². The molecule has 56 valence electrons. The van der Waals surface area contributed by atoms with Gasteiger partial charge < -0.3 is 5.11 Å². The highest BCUT2D eigenvalue weighted by Crippen LogP contribution is 2.39. The topological polar surface area (TPSA) is 20.2 Å². The van der Waals surface area contributed by atoms with E-state index in [1.807, 2.05) is 0 Å². The number of alkyl halides is 3. The lowest BCUT2D eigenvalue weighted by Gasteiger charge is -2.30. The van der Waals surface area contributed by atoms with E-state index in [2.05, 4.69) is 15.9 Å². The molecule has 0 aliphatic heterocycles. The zero-order chi connectivity index (χ0) is 7.71. The molecule has 1 N–H and O–H groups in total. The summed E-state index contributed by atoms with van der Waals surface area (Å²) in [5, 5.41) is 9.61. The monoisotopic (exact) mass is 234 g/mol. The van der Waals surface area contributed by atoms with Crippen LogP contribution in [0.5, 0.6) is 0 Å². The van der Waals surface area contributed by atoms with Crippen LogP contribution in [0.3, 0.4) is 0 Å². The minimum Gasteiger partial charge on any atom is -0.362 e. The van der Waals surface area contributed by atoms with Gasteiger partial charge in [-0.05, 0) is 0 Å². The molecule has 0 unspecified atom stereocenters. The van der Waals surface area contributed by atoms with Gasteiger partial charge in [-0.15, -0.1) is 0 Å². The molecule has 0 saturated carbocycles. The highest BCUT2D eigenvalue weighted by molar-refractivity contribution is 9.09. The first-order chi connectivity index (χ1) is 3.81. The quantitative estimate of drug-likeness (QED) is 0.730. The third-order valence-corrected chi connectivity index (χ3v) is 3.57. The Hall–Kier alpha value is 1.02. The fourth-order valence-corrected chi connectivity index (χ4v) is 0.943. The highest BCUT2D eigenvalue weighted by atomic mass is 79.9. The molecule has 0 rings (SSSR count). The van der Waals surface area contributed by atoms with E-state index in [0.29, 0.717) is 5.33 Å². The first-order valence-corrected chi connectivity index (χ1v) is 4.35. The summed E-state index contributed by atoms with van der Waals surface area (Å²) in [5.74, 6) is 0. The molecule has 0 atom stereocenters. The minimum atomic E-state index is -1.66. The van der Waals surface area contributed by atoms with Crippen LogP contribution < -0.4 is 0 Å². The Morgan fingerprint density at radius 3 is 1.78 bits per heavy atom.